The zero-order valence-electron chi connectivity index (χ0n) is 17.1. The Kier molecular flexibility index (Phi) is 6.60. The first kappa shape index (κ1) is 20.1. The van der Waals surface area contributed by atoms with E-state index in [1.165, 1.54) is 17.7 Å². The maximum absolute atomic E-state index is 13.5. The molecule has 0 N–H and O–H groups in total. The van der Waals surface area contributed by atoms with Crippen molar-refractivity contribution in [3.8, 4) is 0 Å². The van der Waals surface area contributed by atoms with Crippen LogP contribution in [-0.4, -0.2) is 36.5 Å². The highest BCUT2D eigenvalue weighted by molar-refractivity contribution is 5.95. The Morgan fingerprint density at radius 1 is 0.931 bits per heavy atom. The Labute approximate surface area is 173 Å². The summed E-state index contributed by atoms with van der Waals surface area (Å²) in [6.45, 7) is 3.07. The first-order valence-electron chi connectivity index (χ1n) is 11.1. The molecule has 2 fully saturated rings. The maximum Gasteiger partial charge on any atom is 0.230 e. The van der Waals surface area contributed by atoms with Crippen LogP contribution in [0.5, 0.6) is 0 Å². The molecule has 0 unspecified atom stereocenters. The fourth-order valence-corrected chi connectivity index (χ4v) is 4.82. The summed E-state index contributed by atoms with van der Waals surface area (Å²) in [5.74, 6) is 0.130. The average Bonchev–Trinajstić information content (AvgIpc) is 3.30. The SMILES string of the molecule is O=C(C1CCCC1)N(c1ccc(F)cc1)C1CCN(CCc2ccccc2)CC1. The number of hydrogen-bond acceptors (Lipinski definition) is 2. The van der Waals surface area contributed by atoms with Crippen molar-refractivity contribution in [2.75, 3.05) is 24.5 Å². The topological polar surface area (TPSA) is 23.6 Å². The molecule has 1 saturated carbocycles. The van der Waals surface area contributed by atoms with Crippen molar-refractivity contribution >= 4 is 11.6 Å². The van der Waals surface area contributed by atoms with Crippen LogP contribution in [0.4, 0.5) is 10.1 Å². The van der Waals surface area contributed by atoms with Gasteiger partial charge in [-0.1, -0.05) is 43.2 Å². The third kappa shape index (κ3) is 5.05. The van der Waals surface area contributed by atoms with Gasteiger partial charge in [-0.15, -0.1) is 0 Å². The second kappa shape index (κ2) is 9.53. The molecule has 0 spiro atoms. The third-order valence-corrected chi connectivity index (χ3v) is 6.53. The lowest BCUT2D eigenvalue weighted by Crippen LogP contribution is -2.49. The number of anilines is 1. The molecule has 1 heterocycles. The van der Waals surface area contributed by atoms with Crippen LogP contribution in [0.2, 0.25) is 0 Å². The number of piperidine rings is 1. The summed E-state index contributed by atoms with van der Waals surface area (Å²) < 4.78 is 13.5. The van der Waals surface area contributed by atoms with Crippen LogP contribution in [0.25, 0.3) is 0 Å². The van der Waals surface area contributed by atoms with E-state index >= 15 is 0 Å². The van der Waals surface area contributed by atoms with Gasteiger partial charge in [0.05, 0.1) is 0 Å². The highest BCUT2D eigenvalue weighted by atomic mass is 19.1. The summed E-state index contributed by atoms with van der Waals surface area (Å²) in [5, 5.41) is 0. The molecule has 0 atom stereocenters. The lowest BCUT2D eigenvalue weighted by atomic mass is 9.98. The van der Waals surface area contributed by atoms with E-state index in [2.05, 4.69) is 35.2 Å². The van der Waals surface area contributed by atoms with Gasteiger partial charge >= 0.3 is 0 Å². The third-order valence-electron chi connectivity index (χ3n) is 6.53. The van der Waals surface area contributed by atoms with Gasteiger partial charge in [-0.2, -0.15) is 0 Å². The minimum Gasteiger partial charge on any atom is -0.309 e. The van der Waals surface area contributed by atoms with E-state index in [9.17, 15) is 9.18 Å². The predicted molar refractivity (Wildman–Crippen MR) is 115 cm³/mol. The maximum atomic E-state index is 13.5. The standard InChI is InChI=1S/C25H31FN2O/c26-22-10-12-23(13-11-22)28(25(29)21-8-4-5-9-21)24-15-18-27(19-16-24)17-14-20-6-2-1-3-7-20/h1-3,6-7,10-13,21,24H,4-5,8-9,14-19H2. The van der Waals surface area contributed by atoms with Crippen molar-refractivity contribution in [3.05, 3.63) is 66.0 Å². The van der Waals surface area contributed by atoms with E-state index < -0.39 is 0 Å². The van der Waals surface area contributed by atoms with Gasteiger partial charge in [0.2, 0.25) is 5.91 Å². The van der Waals surface area contributed by atoms with Crippen LogP contribution in [0, 0.1) is 11.7 Å². The van der Waals surface area contributed by atoms with E-state index in [0.717, 1.165) is 70.3 Å². The summed E-state index contributed by atoms with van der Waals surface area (Å²) in [6, 6.07) is 17.3. The molecule has 2 aromatic carbocycles. The van der Waals surface area contributed by atoms with Crippen molar-refractivity contribution in [2.45, 2.75) is 51.0 Å². The molecule has 154 valence electrons. The highest BCUT2D eigenvalue weighted by Crippen LogP contribution is 2.32. The fraction of sp³-hybridized carbons (Fsp3) is 0.480. The molecule has 0 radical (unpaired) electrons. The van der Waals surface area contributed by atoms with E-state index in [-0.39, 0.29) is 23.7 Å². The summed E-state index contributed by atoms with van der Waals surface area (Å²) in [5.41, 5.74) is 2.23. The molecule has 29 heavy (non-hydrogen) atoms. The first-order chi connectivity index (χ1) is 14.2. The lowest BCUT2D eigenvalue weighted by Gasteiger charge is -2.39. The lowest BCUT2D eigenvalue weighted by molar-refractivity contribution is -0.122. The van der Waals surface area contributed by atoms with Gasteiger partial charge in [-0.3, -0.25) is 4.79 Å². The molecule has 3 nitrogen and oxygen atoms in total. The van der Waals surface area contributed by atoms with Crippen LogP contribution >= 0.6 is 0 Å². The summed E-state index contributed by atoms with van der Waals surface area (Å²) in [4.78, 5) is 17.9. The van der Waals surface area contributed by atoms with E-state index in [0.29, 0.717) is 0 Å². The number of likely N-dealkylation sites (tertiary alicyclic amines) is 1. The number of benzene rings is 2. The molecule has 2 aliphatic rings. The molecule has 4 heteroatoms. The van der Waals surface area contributed by atoms with Crippen molar-refractivity contribution < 1.29 is 9.18 Å². The number of carbonyl (C=O) groups is 1. The molecule has 1 aliphatic carbocycles. The quantitative estimate of drug-likeness (QED) is 0.684. The molecule has 4 rings (SSSR count). The van der Waals surface area contributed by atoms with Gasteiger partial charge < -0.3 is 9.80 Å². The number of nitrogens with zero attached hydrogens (tertiary/aromatic N) is 2. The van der Waals surface area contributed by atoms with Crippen molar-refractivity contribution in [3.63, 3.8) is 0 Å². The van der Waals surface area contributed by atoms with Crippen molar-refractivity contribution in [1.29, 1.82) is 0 Å². The Morgan fingerprint density at radius 3 is 2.24 bits per heavy atom. The number of amides is 1. The molecule has 1 saturated heterocycles. The van der Waals surface area contributed by atoms with Gasteiger partial charge in [0.15, 0.2) is 0 Å². The smallest absolute Gasteiger partial charge is 0.230 e. The van der Waals surface area contributed by atoms with Crippen LogP contribution in [-0.2, 0) is 11.2 Å². The van der Waals surface area contributed by atoms with Gasteiger partial charge in [-0.25, -0.2) is 4.39 Å². The minimum absolute atomic E-state index is 0.135. The summed E-state index contributed by atoms with van der Waals surface area (Å²) in [6.07, 6.45) is 7.29. The first-order valence-corrected chi connectivity index (χ1v) is 11.1. The van der Waals surface area contributed by atoms with Gasteiger partial charge in [0.25, 0.3) is 0 Å². The average molecular weight is 395 g/mol. The molecule has 2 aromatic rings. The second-order valence-corrected chi connectivity index (χ2v) is 8.47. The Bertz CT molecular complexity index is 778. The van der Waals surface area contributed by atoms with E-state index in [1.54, 1.807) is 12.1 Å². The van der Waals surface area contributed by atoms with Gasteiger partial charge in [-0.05, 0) is 61.9 Å². The Balaban J connectivity index is 1.40. The molecular formula is C25H31FN2O. The minimum atomic E-state index is -0.252. The van der Waals surface area contributed by atoms with E-state index in [1.807, 2.05) is 4.90 Å². The van der Waals surface area contributed by atoms with Crippen LogP contribution < -0.4 is 4.90 Å². The van der Waals surface area contributed by atoms with Gasteiger partial charge in [0.1, 0.15) is 5.82 Å². The molecule has 0 aromatic heterocycles. The van der Waals surface area contributed by atoms with Gasteiger partial charge in [0, 0.05) is 37.3 Å². The predicted octanol–water partition coefficient (Wildman–Crippen LogP) is 5.06. The zero-order chi connectivity index (χ0) is 20.1. The van der Waals surface area contributed by atoms with Crippen LogP contribution in [0.15, 0.2) is 54.6 Å². The van der Waals surface area contributed by atoms with Crippen LogP contribution in [0.3, 0.4) is 0 Å². The van der Waals surface area contributed by atoms with E-state index in [4.69, 9.17) is 0 Å². The molecule has 0 bridgehead atoms. The zero-order valence-corrected chi connectivity index (χ0v) is 17.1. The number of carbonyl (C=O) groups excluding carboxylic acids is 1. The number of hydrogen-bond donors (Lipinski definition) is 0. The Morgan fingerprint density at radius 2 is 1.59 bits per heavy atom. The van der Waals surface area contributed by atoms with Crippen LogP contribution in [0.1, 0.15) is 44.1 Å². The monoisotopic (exact) mass is 394 g/mol. The molecule has 1 amide bonds. The van der Waals surface area contributed by atoms with Crippen molar-refractivity contribution in [1.82, 2.24) is 4.90 Å². The second-order valence-electron chi connectivity index (χ2n) is 8.47. The summed E-state index contributed by atoms with van der Waals surface area (Å²) >= 11 is 0. The number of rotatable bonds is 6. The Hall–Kier alpha value is -2.20. The fourth-order valence-electron chi connectivity index (χ4n) is 4.82. The molecule has 1 aliphatic heterocycles. The summed E-state index contributed by atoms with van der Waals surface area (Å²) in [7, 11) is 0. The molecular weight excluding hydrogens is 363 g/mol. The largest absolute Gasteiger partial charge is 0.309 e. The van der Waals surface area contributed by atoms with Crippen molar-refractivity contribution in [2.24, 2.45) is 5.92 Å². The highest BCUT2D eigenvalue weighted by Gasteiger charge is 2.34. The normalized spacial score (nSPS) is 18.8. The number of halogens is 1.